The maximum atomic E-state index is 12.6. The summed E-state index contributed by atoms with van der Waals surface area (Å²) in [7, 11) is 1.64. The van der Waals surface area contributed by atoms with Gasteiger partial charge in [0.15, 0.2) is 5.69 Å². The van der Waals surface area contributed by atoms with Crippen LogP contribution in [0, 0.1) is 0 Å². The predicted molar refractivity (Wildman–Crippen MR) is 86.6 cm³/mol. The second kappa shape index (κ2) is 5.83. The zero-order valence-electron chi connectivity index (χ0n) is 13.0. The third kappa shape index (κ3) is 2.26. The van der Waals surface area contributed by atoms with Crippen LogP contribution in [0.25, 0.3) is 10.8 Å². The molecule has 1 aromatic carbocycles. The van der Waals surface area contributed by atoms with Crippen LogP contribution in [0.3, 0.4) is 0 Å². The van der Waals surface area contributed by atoms with E-state index < -0.39 is 5.97 Å². The zero-order valence-corrected chi connectivity index (χ0v) is 13.0. The molecule has 116 valence electrons. The zero-order chi connectivity index (χ0) is 15.7. The average Bonchev–Trinajstić information content (AvgIpc) is 3.04. The monoisotopic (exact) mass is 300 g/mol. The van der Waals surface area contributed by atoms with Gasteiger partial charge in [-0.1, -0.05) is 18.2 Å². The van der Waals surface area contributed by atoms with Gasteiger partial charge in [-0.15, -0.1) is 0 Å². The molecular weight excluding hydrogens is 280 g/mol. The van der Waals surface area contributed by atoms with Crippen LogP contribution in [0.1, 0.15) is 30.3 Å². The van der Waals surface area contributed by atoms with Gasteiger partial charge in [-0.3, -0.25) is 4.79 Å². The number of carbonyl (C=O) groups is 1. The van der Waals surface area contributed by atoms with Gasteiger partial charge in [0.1, 0.15) is 0 Å². The lowest BCUT2D eigenvalue weighted by molar-refractivity contribution is 0.0515. The average molecular weight is 300 g/mol. The Morgan fingerprint density at radius 1 is 1.18 bits per heavy atom. The molecule has 1 aromatic heterocycles. The predicted octanol–water partition coefficient (Wildman–Crippen LogP) is 2.32. The lowest BCUT2D eigenvalue weighted by Crippen LogP contribution is -2.30. The standard InChI is InChI=1S/C17H20N2O3/c1-3-22-17(21)15-14(19-10-6-7-11-19)12-8-4-5-9-13(12)16(20)18(15)2/h4-5,8-9H,3,6-7,10-11H2,1-2H3. The van der Waals surface area contributed by atoms with Crippen LogP contribution >= 0.6 is 0 Å². The fourth-order valence-electron chi connectivity index (χ4n) is 3.14. The van der Waals surface area contributed by atoms with E-state index in [1.54, 1.807) is 14.0 Å². The van der Waals surface area contributed by atoms with Crippen molar-refractivity contribution in [1.82, 2.24) is 4.57 Å². The number of anilines is 1. The molecule has 0 N–H and O–H groups in total. The van der Waals surface area contributed by atoms with E-state index in [1.165, 1.54) is 4.57 Å². The smallest absolute Gasteiger partial charge is 0.357 e. The van der Waals surface area contributed by atoms with Crippen LogP contribution < -0.4 is 10.5 Å². The van der Waals surface area contributed by atoms with Crippen LogP contribution in [0.15, 0.2) is 29.1 Å². The summed E-state index contributed by atoms with van der Waals surface area (Å²) in [4.78, 5) is 27.2. The summed E-state index contributed by atoms with van der Waals surface area (Å²) in [6.45, 7) is 3.86. The van der Waals surface area contributed by atoms with Crippen LogP contribution in [0.4, 0.5) is 5.69 Å². The van der Waals surface area contributed by atoms with Crippen molar-refractivity contribution >= 4 is 22.4 Å². The van der Waals surface area contributed by atoms with E-state index in [0.717, 1.165) is 37.0 Å². The van der Waals surface area contributed by atoms with Crippen LogP contribution in [-0.2, 0) is 11.8 Å². The highest BCUT2D eigenvalue weighted by molar-refractivity contribution is 6.05. The molecule has 5 nitrogen and oxygen atoms in total. The van der Waals surface area contributed by atoms with E-state index in [4.69, 9.17) is 4.74 Å². The minimum atomic E-state index is -0.435. The Kier molecular flexibility index (Phi) is 3.88. The van der Waals surface area contributed by atoms with Gasteiger partial charge in [-0.25, -0.2) is 4.79 Å². The number of esters is 1. The lowest BCUT2D eigenvalue weighted by Gasteiger charge is -2.24. The SMILES string of the molecule is CCOC(=O)c1c(N2CCCC2)c2ccccc2c(=O)n1C. The number of benzene rings is 1. The summed E-state index contributed by atoms with van der Waals surface area (Å²) in [5.74, 6) is -0.435. The quantitative estimate of drug-likeness (QED) is 0.816. The number of aromatic nitrogens is 1. The second-order valence-electron chi connectivity index (χ2n) is 5.52. The van der Waals surface area contributed by atoms with E-state index in [1.807, 2.05) is 24.3 Å². The van der Waals surface area contributed by atoms with Crippen molar-refractivity contribution in [2.24, 2.45) is 7.05 Å². The number of carbonyl (C=O) groups excluding carboxylic acids is 1. The number of fused-ring (bicyclic) bond motifs is 1. The summed E-state index contributed by atoms with van der Waals surface area (Å²) < 4.78 is 6.61. The molecule has 0 aliphatic carbocycles. The van der Waals surface area contributed by atoms with Gasteiger partial charge in [0.25, 0.3) is 5.56 Å². The second-order valence-corrected chi connectivity index (χ2v) is 5.52. The van der Waals surface area contributed by atoms with E-state index >= 15 is 0 Å². The third-order valence-corrected chi connectivity index (χ3v) is 4.17. The fraction of sp³-hybridized carbons (Fsp3) is 0.412. The largest absolute Gasteiger partial charge is 0.461 e. The Morgan fingerprint density at radius 3 is 2.45 bits per heavy atom. The highest BCUT2D eigenvalue weighted by Crippen LogP contribution is 2.31. The van der Waals surface area contributed by atoms with Gasteiger partial charge in [0, 0.05) is 30.9 Å². The first-order valence-corrected chi connectivity index (χ1v) is 7.69. The fourth-order valence-corrected chi connectivity index (χ4v) is 3.14. The minimum Gasteiger partial charge on any atom is -0.461 e. The molecule has 5 heteroatoms. The van der Waals surface area contributed by atoms with Gasteiger partial charge in [-0.2, -0.15) is 0 Å². The van der Waals surface area contributed by atoms with Crippen molar-refractivity contribution in [2.45, 2.75) is 19.8 Å². The topological polar surface area (TPSA) is 51.5 Å². The molecule has 0 amide bonds. The van der Waals surface area contributed by atoms with Gasteiger partial charge in [0.05, 0.1) is 12.3 Å². The Labute approximate surface area is 129 Å². The molecular formula is C17H20N2O3. The molecule has 3 rings (SSSR count). The number of ether oxygens (including phenoxy) is 1. The molecule has 1 aliphatic heterocycles. The van der Waals surface area contributed by atoms with Crippen molar-refractivity contribution in [3.63, 3.8) is 0 Å². The number of nitrogens with zero attached hydrogens (tertiary/aromatic N) is 2. The summed E-state index contributed by atoms with van der Waals surface area (Å²) in [5.41, 5.74) is 1.02. The Bertz CT molecular complexity index is 773. The number of hydrogen-bond donors (Lipinski definition) is 0. The van der Waals surface area contributed by atoms with Crippen molar-refractivity contribution in [1.29, 1.82) is 0 Å². The normalized spacial score (nSPS) is 14.5. The van der Waals surface area contributed by atoms with Gasteiger partial charge in [-0.05, 0) is 25.8 Å². The number of rotatable bonds is 3. The summed E-state index contributed by atoms with van der Waals surface area (Å²) in [6.07, 6.45) is 2.19. The summed E-state index contributed by atoms with van der Waals surface area (Å²) in [6, 6.07) is 7.47. The van der Waals surface area contributed by atoms with Crippen molar-refractivity contribution < 1.29 is 9.53 Å². The van der Waals surface area contributed by atoms with Gasteiger partial charge in [0.2, 0.25) is 0 Å². The maximum absolute atomic E-state index is 12.6. The van der Waals surface area contributed by atoms with Crippen molar-refractivity contribution in [3.8, 4) is 0 Å². The highest BCUT2D eigenvalue weighted by Gasteiger charge is 2.26. The highest BCUT2D eigenvalue weighted by atomic mass is 16.5. The van der Waals surface area contributed by atoms with Crippen molar-refractivity contribution in [3.05, 3.63) is 40.3 Å². The maximum Gasteiger partial charge on any atom is 0.357 e. The molecule has 0 atom stereocenters. The van der Waals surface area contributed by atoms with Crippen LogP contribution in [-0.4, -0.2) is 30.2 Å². The molecule has 0 saturated carbocycles. The molecule has 2 aromatic rings. The van der Waals surface area contributed by atoms with Gasteiger partial charge < -0.3 is 14.2 Å². The lowest BCUT2D eigenvalue weighted by atomic mass is 10.1. The summed E-state index contributed by atoms with van der Waals surface area (Å²) in [5, 5.41) is 1.47. The molecule has 1 saturated heterocycles. The molecule has 1 fully saturated rings. The molecule has 0 radical (unpaired) electrons. The summed E-state index contributed by atoms with van der Waals surface area (Å²) >= 11 is 0. The first-order chi connectivity index (χ1) is 10.6. The Balaban J connectivity index is 2.35. The van der Waals surface area contributed by atoms with Crippen LogP contribution in [0.2, 0.25) is 0 Å². The number of hydrogen-bond acceptors (Lipinski definition) is 4. The van der Waals surface area contributed by atoms with E-state index in [9.17, 15) is 9.59 Å². The molecule has 0 unspecified atom stereocenters. The Hall–Kier alpha value is -2.30. The van der Waals surface area contributed by atoms with E-state index in [2.05, 4.69) is 4.90 Å². The van der Waals surface area contributed by atoms with Gasteiger partial charge >= 0.3 is 5.97 Å². The van der Waals surface area contributed by atoms with E-state index in [0.29, 0.717) is 17.7 Å². The molecule has 1 aliphatic rings. The molecule has 0 spiro atoms. The first kappa shape index (κ1) is 14.6. The molecule has 22 heavy (non-hydrogen) atoms. The number of pyridine rings is 1. The Morgan fingerprint density at radius 2 is 1.82 bits per heavy atom. The molecule has 2 heterocycles. The van der Waals surface area contributed by atoms with Crippen molar-refractivity contribution in [2.75, 3.05) is 24.6 Å². The molecule has 0 bridgehead atoms. The van der Waals surface area contributed by atoms with E-state index in [-0.39, 0.29) is 5.56 Å². The minimum absolute atomic E-state index is 0.165. The van der Waals surface area contributed by atoms with Crippen LogP contribution in [0.5, 0.6) is 0 Å². The first-order valence-electron chi connectivity index (χ1n) is 7.69. The third-order valence-electron chi connectivity index (χ3n) is 4.17.